The maximum Gasteiger partial charge on any atom is 0.341 e. The molecule has 1 amide bonds. The van der Waals surface area contributed by atoms with Crippen LogP contribution in [0.5, 0.6) is 0 Å². The van der Waals surface area contributed by atoms with Crippen LogP contribution in [0.15, 0.2) is 5.16 Å². The lowest BCUT2D eigenvalue weighted by atomic mass is 10.1. The highest BCUT2D eigenvalue weighted by atomic mass is 32.2. The minimum Gasteiger partial charge on any atom is -0.462 e. The summed E-state index contributed by atoms with van der Waals surface area (Å²) in [5.74, 6) is -0.452. The summed E-state index contributed by atoms with van der Waals surface area (Å²) < 4.78 is 5.10. The lowest BCUT2D eigenvalue weighted by molar-refractivity contribution is -0.113. The first-order chi connectivity index (χ1) is 12.2. The van der Waals surface area contributed by atoms with Crippen LogP contribution in [-0.2, 0) is 9.53 Å². The van der Waals surface area contributed by atoms with Gasteiger partial charge in [-0.25, -0.2) is 14.8 Å². The smallest absolute Gasteiger partial charge is 0.341 e. The molecular formula is C18H23N3O3S2. The molecule has 2 aromatic rings. The van der Waals surface area contributed by atoms with Gasteiger partial charge in [-0.1, -0.05) is 11.8 Å². The van der Waals surface area contributed by atoms with Gasteiger partial charge in [-0.2, -0.15) is 0 Å². The molecule has 0 radical (unpaired) electrons. The molecule has 0 aliphatic heterocycles. The van der Waals surface area contributed by atoms with Crippen LogP contribution in [0.4, 0.5) is 5.00 Å². The molecule has 0 bridgehead atoms. The number of rotatable bonds is 6. The Balaban J connectivity index is 2.09. The second-order valence-corrected chi connectivity index (χ2v) is 8.01. The number of amides is 1. The van der Waals surface area contributed by atoms with E-state index in [0.717, 1.165) is 27.4 Å². The van der Waals surface area contributed by atoms with Crippen molar-refractivity contribution in [2.24, 2.45) is 0 Å². The van der Waals surface area contributed by atoms with Crippen LogP contribution in [0.1, 0.15) is 44.7 Å². The number of ether oxygens (including phenoxy) is 1. The Morgan fingerprint density at radius 2 is 1.69 bits per heavy atom. The molecule has 140 valence electrons. The third-order valence-corrected chi connectivity index (χ3v) is 6.03. The third kappa shape index (κ3) is 4.62. The van der Waals surface area contributed by atoms with Gasteiger partial charge in [-0.05, 0) is 52.7 Å². The molecule has 8 heteroatoms. The molecule has 2 rings (SSSR count). The Morgan fingerprint density at radius 3 is 2.27 bits per heavy atom. The zero-order valence-electron chi connectivity index (χ0n) is 15.8. The molecule has 0 aromatic carbocycles. The highest BCUT2D eigenvalue weighted by Crippen LogP contribution is 2.33. The first-order valence-corrected chi connectivity index (χ1v) is 10.1. The lowest BCUT2D eigenvalue weighted by Crippen LogP contribution is -2.16. The molecule has 2 aromatic heterocycles. The van der Waals surface area contributed by atoms with E-state index >= 15 is 0 Å². The first kappa shape index (κ1) is 20.4. The van der Waals surface area contributed by atoms with Crippen LogP contribution in [0.2, 0.25) is 0 Å². The molecule has 0 unspecified atom stereocenters. The molecule has 1 N–H and O–H groups in total. The molecule has 0 fully saturated rings. The van der Waals surface area contributed by atoms with E-state index in [9.17, 15) is 9.59 Å². The first-order valence-electron chi connectivity index (χ1n) is 8.26. The number of thiophene rings is 1. The van der Waals surface area contributed by atoms with Gasteiger partial charge in [0, 0.05) is 16.3 Å². The summed E-state index contributed by atoms with van der Waals surface area (Å²) in [6.45, 7) is 11.7. The van der Waals surface area contributed by atoms with Crippen molar-refractivity contribution in [1.29, 1.82) is 0 Å². The van der Waals surface area contributed by atoms with Crippen LogP contribution in [-0.4, -0.2) is 34.2 Å². The molecule has 26 heavy (non-hydrogen) atoms. The van der Waals surface area contributed by atoms with Gasteiger partial charge >= 0.3 is 5.97 Å². The van der Waals surface area contributed by atoms with E-state index < -0.39 is 5.97 Å². The normalized spacial score (nSPS) is 10.7. The molecule has 0 spiro atoms. The lowest BCUT2D eigenvalue weighted by Gasteiger charge is -2.08. The van der Waals surface area contributed by atoms with Crippen LogP contribution < -0.4 is 5.32 Å². The Morgan fingerprint density at radius 1 is 1.08 bits per heavy atom. The van der Waals surface area contributed by atoms with Crippen LogP contribution in [0.25, 0.3) is 0 Å². The SMILES string of the molecule is CCOC(=O)c1c(NC(=O)CSc2nc(C)c(C)c(C)n2)sc(C)c1C. The molecule has 2 heterocycles. The Labute approximate surface area is 161 Å². The average molecular weight is 394 g/mol. The Bertz CT molecular complexity index is 823. The van der Waals surface area contributed by atoms with Gasteiger partial charge in [0.25, 0.3) is 0 Å². The average Bonchev–Trinajstić information content (AvgIpc) is 2.84. The van der Waals surface area contributed by atoms with Gasteiger partial charge in [0.2, 0.25) is 5.91 Å². The molecule has 0 saturated heterocycles. The number of nitrogens with zero attached hydrogens (tertiary/aromatic N) is 2. The quantitative estimate of drug-likeness (QED) is 0.454. The zero-order valence-corrected chi connectivity index (χ0v) is 17.5. The summed E-state index contributed by atoms with van der Waals surface area (Å²) in [5, 5.41) is 3.93. The van der Waals surface area contributed by atoms with E-state index in [1.54, 1.807) is 6.92 Å². The number of hydrogen-bond donors (Lipinski definition) is 1. The predicted molar refractivity (Wildman–Crippen MR) is 105 cm³/mol. The van der Waals surface area contributed by atoms with Crippen molar-refractivity contribution >= 4 is 40.0 Å². The summed E-state index contributed by atoms with van der Waals surface area (Å²) in [6, 6.07) is 0. The summed E-state index contributed by atoms with van der Waals surface area (Å²) in [5.41, 5.74) is 4.15. The van der Waals surface area contributed by atoms with E-state index in [-0.39, 0.29) is 11.7 Å². The molecular weight excluding hydrogens is 370 g/mol. The highest BCUT2D eigenvalue weighted by molar-refractivity contribution is 7.99. The fraction of sp³-hybridized carbons (Fsp3) is 0.444. The number of anilines is 1. The number of thioether (sulfide) groups is 1. The van der Waals surface area contributed by atoms with Crippen molar-refractivity contribution in [2.75, 3.05) is 17.7 Å². The minimum atomic E-state index is -0.412. The molecule has 0 saturated carbocycles. The fourth-order valence-corrected chi connectivity index (χ4v) is 4.06. The standard InChI is InChI=1S/C18H23N3O3S2/c1-7-24-17(23)15-10(3)13(6)26-16(15)21-14(22)8-25-18-19-11(4)9(2)12(5)20-18/h7-8H2,1-6H3,(H,21,22). The van der Waals surface area contributed by atoms with Crippen LogP contribution >= 0.6 is 23.1 Å². The van der Waals surface area contributed by atoms with Gasteiger partial charge in [0.15, 0.2) is 5.16 Å². The number of aromatic nitrogens is 2. The third-order valence-electron chi connectivity index (χ3n) is 4.06. The second-order valence-electron chi connectivity index (χ2n) is 5.85. The predicted octanol–water partition coefficient (Wildman–Crippen LogP) is 3.99. The van der Waals surface area contributed by atoms with Gasteiger partial charge in [0.05, 0.1) is 17.9 Å². The number of esters is 1. The highest BCUT2D eigenvalue weighted by Gasteiger charge is 2.22. The van der Waals surface area contributed by atoms with Crippen molar-refractivity contribution in [1.82, 2.24) is 9.97 Å². The number of carbonyl (C=O) groups is 2. The summed E-state index contributed by atoms with van der Waals surface area (Å²) in [6.07, 6.45) is 0. The van der Waals surface area contributed by atoms with E-state index in [2.05, 4.69) is 15.3 Å². The molecule has 0 aliphatic rings. The number of hydrogen-bond acceptors (Lipinski definition) is 7. The van der Waals surface area contributed by atoms with Gasteiger partial charge in [-0.3, -0.25) is 4.79 Å². The topological polar surface area (TPSA) is 81.2 Å². The van der Waals surface area contributed by atoms with E-state index in [1.807, 2.05) is 34.6 Å². The fourth-order valence-electron chi connectivity index (χ4n) is 2.26. The van der Waals surface area contributed by atoms with Crippen LogP contribution in [0.3, 0.4) is 0 Å². The van der Waals surface area contributed by atoms with E-state index in [4.69, 9.17) is 4.74 Å². The summed E-state index contributed by atoms with van der Waals surface area (Å²) >= 11 is 2.65. The molecule has 0 atom stereocenters. The Hall–Kier alpha value is -1.93. The maximum absolute atomic E-state index is 12.3. The largest absolute Gasteiger partial charge is 0.462 e. The van der Waals surface area contributed by atoms with Crippen molar-refractivity contribution in [3.63, 3.8) is 0 Å². The van der Waals surface area contributed by atoms with Crippen LogP contribution in [0, 0.1) is 34.6 Å². The molecule has 6 nitrogen and oxygen atoms in total. The van der Waals surface area contributed by atoms with Crippen molar-refractivity contribution in [3.8, 4) is 0 Å². The van der Waals surface area contributed by atoms with E-state index in [0.29, 0.717) is 22.3 Å². The van der Waals surface area contributed by atoms with Gasteiger partial charge in [-0.15, -0.1) is 11.3 Å². The van der Waals surface area contributed by atoms with Crippen molar-refractivity contribution in [3.05, 3.63) is 33.0 Å². The Kier molecular flexibility index (Phi) is 6.77. The second kappa shape index (κ2) is 8.64. The summed E-state index contributed by atoms with van der Waals surface area (Å²) in [4.78, 5) is 34.3. The van der Waals surface area contributed by atoms with E-state index in [1.165, 1.54) is 23.1 Å². The van der Waals surface area contributed by atoms with Gasteiger partial charge in [0.1, 0.15) is 5.00 Å². The molecule has 0 aliphatic carbocycles. The number of nitrogens with one attached hydrogen (secondary N) is 1. The minimum absolute atomic E-state index is 0.167. The number of carbonyl (C=O) groups excluding carboxylic acids is 2. The number of aryl methyl sites for hydroxylation is 3. The summed E-state index contributed by atoms with van der Waals surface area (Å²) in [7, 11) is 0. The zero-order chi connectivity index (χ0) is 19.4. The van der Waals surface area contributed by atoms with Crippen molar-refractivity contribution in [2.45, 2.75) is 46.7 Å². The monoisotopic (exact) mass is 393 g/mol. The van der Waals surface area contributed by atoms with Gasteiger partial charge < -0.3 is 10.1 Å². The maximum atomic E-state index is 12.3. The van der Waals surface area contributed by atoms with Crippen molar-refractivity contribution < 1.29 is 14.3 Å².